The van der Waals surface area contributed by atoms with E-state index >= 15 is 0 Å². The molecule has 1 aliphatic heterocycles. The van der Waals surface area contributed by atoms with Gasteiger partial charge in [-0.25, -0.2) is 0 Å². The maximum absolute atomic E-state index is 5.57. The van der Waals surface area contributed by atoms with Crippen LogP contribution in [-0.2, 0) is 4.74 Å². The molecule has 1 rings (SSSR count). The molecule has 1 unspecified atom stereocenters. The average Bonchev–Trinajstić information content (AvgIpc) is 2.14. The van der Waals surface area contributed by atoms with E-state index in [2.05, 4.69) is 51.8 Å². The first-order chi connectivity index (χ1) is 7.72. The van der Waals surface area contributed by atoms with E-state index < -0.39 is 0 Å². The number of nitrogens with zero attached hydrogens (tertiary/aromatic N) is 1. The Morgan fingerprint density at radius 1 is 1.35 bits per heavy atom. The van der Waals surface area contributed by atoms with Gasteiger partial charge in [0.15, 0.2) is 0 Å². The second-order valence-electron chi connectivity index (χ2n) is 6.87. The van der Waals surface area contributed by atoms with Crippen molar-refractivity contribution >= 4 is 0 Å². The monoisotopic (exact) mass is 242 g/mol. The number of hydrogen-bond donors (Lipinski definition) is 1. The molecule has 1 heterocycles. The zero-order valence-corrected chi connectivity index (χ0v) is 12.5. The predicted octanol–water partition coefficient (Wildman–Crippen LogP) is 2.26. The van der Waals surface area contributed by atoms with Crippen LogP contribution in [0.4, 0.5) is 0 Å². The minimum atomic E-state index is 0.180. The van der Waals surface area contributed by atoms with Crippen LogP contribution in [-0.4, -0.2) is 48.3 Å². The number of hydrogen-bond acceptors (Lipinski definition) is 3. The minimum Gasteiger partial charge on any atom is -0.378 e. The molecule has 0 amide bonds. The molecule has 3 nitrogen and oxygen atoms in total. The molecular weight excluding hydrogens is 212 g/mol. The molecule has 3 heteroatoms. The number of rotatable bonds is 4. The minimum absolute atomic E-state index is 0.180. The highest BCUT2D eigenvalue weighted by atomic mass is 16.5. The van der Waals surface area contributed by atoms with Gasteiger partial charge in [-0.2, -0.15) is 0 Å². The molecule has 1 fully saturated rings. The Bertz CT molecular complexity index is 233. The SMILES string of the molecule is CC(CCNC(C)(C)C)N1CCOCC1(C)C. The Labute approximate surface area is 107 Å². The maximum atomic E-state index is 5.57. The van der Waals surface area contributed by atoms with E-state index in [1.807, 2.05) is 0 Å². The Kier molecular flexibility index (Phi) is 4.99. The van der Waals surface area contributed by atoms with Gasteiger partial charge in [-0.1, -0.05) is 0 Å². The van der Waals surface area contributed by atoms with Gasteiger partial charge in [0.05, 0.1) is 13.2 Å². The highest BCUT2D eigenvalue weighted by Gasteiger charge is 2.33. The third-order valence-corrected chi connectivity index (χ3v) is 3.46. The van der Waals surface area contributed by atoms with Gasteiger partial charge in [-0.3, -0.25) is 4.90 Å². The fourth-order valence-corrected chi connectivity index (χ4v) is 2.50. The van der Waals surface area contributed by atoms with Crippen molar-refractivity contribution in [1.29, 1.82) is 0 Å². The smallest absolute Gasteiger partial charge is 0.0645 e. The van der Waals surface area contributed by atoms with E-state index in [1.54, 1.807) is 0 Å². The zero-order chi connectivity index (χ0) is 13.1. The molecule has 102 valence electrons. The summed E-state index contributed by atoms with van der Waals surface area (Å²) in [6, 6.07) is 0.615. The standard InChI is InChI=1S/C14H30N2O/c1-12(7-8-15-13(2,3)4)16-9-10-17-11-14(16,5)6/h12,15H,7-11H2,1-6H3. The molecule has 0 aliphatic carbocycles. The molecule has 0 aromatic heterocycles. The molecule has 0 spiro atoms. The zero-order valence-electron chi connectivity index (χ0n) is 12.5. The second-order valence-corrected chi connectivity index (χ2v) is 6.87. The van der Waals surface area contributed by atoms with Gasteiger partial charge in [0.2, 0.25) is 0 Å². The number of nitrogens with one attached hydrogen (secondary N) is 1. The number of ether oxygens (including phenoxy) is 1. The molecule has 1 atom stereocenters. The van der Waals surface area contributed by atoms with Gasteiger partial charge in [0, 0.05) is 23.7 Å². The molecule has 0 bridgehead atoms. The lowest BCUT2D eigenvalue weighted by molar-refractivity contribution is -0.0699. The fourth-order valence-electron chi connectivity index (χ4n) is 2.50. The summed E-state index contributed by atoms with van der Waals surface area (Å²) < 4.78 is 5.57. The molecule has 17 heavy (non-hydrogen) atoms. The largest absolute Gasteiger partial charge is 0.378 e. The van der Waals surface area contributed by atoms with Crippen LogP contribution in [0.2, 0.25) is 0 Å². The molecule has 1 N–H and O–H groups in total. The van der Waals surface area contributed by atoms with Gasteiger partial charge < -0.3 is 10.1 Å². The fraction of sp³-hybridized carbons (Fsp3) is 1.00. The van der Waals surface area contributed by atoms with Gasteiger partial charge in [-0.05, 0) is 54.5 Å². The summed E-state index contributed by atoms with van der Waals surface area (Å²) in [6.45, 7) is 17.4. The van der Waals surface area contributed by atoms with Crippen molar-refractivity contribution in [3.8, 4) is 0 Å². The lowest BCUT2D eigenvalue weighted by atomic mass is 9.98. The van der Waals surface area contributed by atoms with Crippen LogP contribution in [0.3, 0.4) is 0 Å². The maximum Gasteiger partial charge on any atom is 0.0645 e. The molecule has 0 radical (unpaired) electrons. The van der Waals surface area contributed by atoms with Crippen molar-refractivity contribution in [3.05, 3.63) is 0 Å². The highest BCUT2D eigenvalue weighted by Crippen LogP contribution is 2.22. The number of morpholine rings is 1. The first-order valence-corrected chi connectivity index (χ1v) is 6.82. The Morgan fingerprint density at radius 2 is 2.00 bits per heavy atom. The van der Waals surface area contributed by atoms with Crippen LogP contribution in [0.25, 0.3) is 0 Å². The average molecular weight is 242 g/mol. The summed E-state index contributed by atoms with van der Waals surface area (Å²) in [7, 11) is 0. The summed E-state index contributed by atoms with van der Waals surface area (Å²) in [5.41, 5.74) is 0.402. The quantitative estimate of drug-likeness (QED) is 0.818. The van der Waals surface area contributed by atoms with Gasteiger partial charge in [-0.15, -0.1) is 0 Å². The van der Waals surface area contributed by atoms with Crippen LogP contribution in [0.5, 0.6) is 0 Å². The Morgan fingerprint density at radius 3 is 2.53 bits per heavy atom. The van der Waals surface area contributed by atoms with Crippen molar-refractivity contribution < 1.29 is 4.74 Å². The third-order valence-electron chi connectivity index (χ3n) is 3.46. The van der Waals surface area contributed by atoms with E-state index in [0.717, 1.165) is 26.3 Å². The molecule has 1 aliphatic rings. The second kappa shape index (κ2) is 5.68. The van der Waals surface area contributed by atoms with Gasteiger partial charge >= 0.3 is 0 Å². The molecule has 1 saturated heterocycles. The van der Waals surface area contributed by atoms with Crippen LogP contribution in [0.1, 0.15) is 48.0 Å². The Balaban J connectivity index is 2.38. The van der Waals surface area contributed by atoms with Crippen LogP contribution in [0, 0.1) is 0 Å². The van der Waals surface area contributed by atoms with Crippen LogP contribution in [0.15, 0.2) is 0 Å². The van der Waals surface area contributed by atoms with E-state index in [-0.39, 0.29) is 11.1 Å². The van der Waals surface area contributed by atoms with E-state index in [1.165, 1.54) is 6.42 Å². The van der Waals surface area contributed by atoms with Crippen molar-refractivity contribution in [2.45, 2.75) is 65.1 Å². The van der Waals surface area contributed by atoms with Crippen molar-refractivity contribution in [2.24, 2.45) is 0 Å². The summed E-state index contributed by atoms with van der Waals surface area (Å²) in [6.07, 6.45) is 1.20. The van der Waals surface area contributed by atoms with Crippen LogP contribution >= 0.6 is 0 Å². The van der Waals surface area contributed by atoms with E-state index in [9.17, 15) is 0 Å². The lowest BCUT2D eigenvalue weighted by Gasteiger charge is -2.45. The van der Waals surface area contributed by atoms with Crippen LogP contribution < -0.4 is 5.32 Å². The summed E-state index contributed by atoms with van der Waals surface area (Å²) in [5, 5.41) is 3.56. The molecular formula is C14H30N2O. The summed E-state index contributed by atoms with van der Waals surface area (Å²) in [4.78, 5) is 2.58. The highest BCUT2D eigenvalue weighted by molar-refractivity contribution is 4.88. The van der Waals surface area contributed by atoms with Crippen molar-refractivity contribution in [2.75, 3.05) is 26.3 Å². The van der Waals surface area contributed by atoms with Gasteiger partial charge in [0.1, 0.15) is 0 Å². The first-order valence-electron chi connectivity index (χ1n) is 6.82. The normalized spacial score (nSPS) is 23.6. The summed E-state index contributed by atoms with van der Waals surface area (Å²) >= 11 is 0. The predicted molar refractivity (Wildman–Crippen MR) is 73.4 cm³/mol. The first kappa shape index (κ1) is 14.9. The van der Waals surface area contributed by atoms with Gasteiger partial charge in [0.25, 0.3) is 0 Å². The van der Waals surface area contributed by atoms with Crippen molar-refractivity contribution in [1.82, 2.24) is 10.2 Å². The molecule has 0 aromatic rings. The van der Waals surface area contributed by atoms with E-state index in [4.69, 9.17) is 4.74 Å². The molecule has 0 saturated carbocycles. The molecule has 0 aromatic carbocycles. The summed E-state index contributed by atoms with van der Waals surface area (Å²) in [5.74, 6) is 0. The lowest BCUT2D eigenvalue weighted by Crippen LogP contribution is -2.57. The van der Waals surface area contributed by atoms with Crippen molar-refractivity contribution in [3.63, 3.8) is 0 Å². The topological polar surface area (TPSA) is 24.5 Å². The van der Waals surface area contributed by atoms with E-state index in [0.29, 0.717) is 6.04 Å². The third kappa shape index (κ3) is 4.94. The Hall–Kier alpha value is -0.120.